The molecule has 2 fully saturated rings. The molecule has 10 heteroatoms. The van der Waals surface area contributed by atoms with Crippen LogP contribution in [-0.4, -0.2) is 67.9 Å². The minimum Gasteiger partial charge on any atom is -0.512 e. The fourth-order valence-electron chi connectivity index (χ4n) is 3.43. The first-order chi connectivity index (χ1) is 20.1. The molecule has 0 atom stereocenters. The molecule has 2 aliphatic heterocycles. The third-order valence-corrected chi connectivity index (χ3v) is 6.01. The van der Waals surface area contributed by atoms with Gasteiger partial charge in [0, 0.05) is 68.7 Å². The number of likely N-dealkylation sites (tertiary alicyclic amines) is 1. The van der Waals surface area contributed by atoms with E-state index < -0.39 is 11.9 Å². The van der Waals surface area contributed by atoms with Crippen LogP contribution < -0.4 is 34.9 Å². The zero-order chi connectivity index (χ0) is 32.6. The maximum atomic E-state index is 10.7. The topological polar surface area (TPSA) is 131 Å². The molecular formula is C35H42BN3NaO5. The number of carbonyl (C=O) groups is 3. The van der Waals surface area contributed by atoms with Crippen LogP contribution in [0.3, 0.4) is 0 Å². The first-order valence-electron chi connectivity index (χ1n) is 14.0. The van der Waals surface area contributed by atoms with Crippen LogP contribution in [0.15, 0.2) is 48.5 Å². The van der Waals surface area contributed by atoms with Crippen molar-refractivity contribution in [2.45, 2.75) is 48.1 Å². The summed E-state index contributed by atoms with van der Waals surface area (Å²) in [7, 11) is 0. The van der Waals surface area contributed by atoms with E-state index in [9.17, 15) is 14.4 Å². The number of carbonyl (C=O) groups excluding carboxylic acids is 1. The Morgan fingerprint density at radius 2 is 1.24 bits per heavy atom. The summed E-state index contributed by atoms with van der Waals surface area (Å²) in [6.07, 6.45) is 0.834. The number of carboxylic acids is 2. The quantitative estimate of drug-likeness (QED) is 0.199. The van der Waals surface area contributed by atoms with Gasteiger partial charge >= 0.3 is 41.5 Å². The zero-order valence-electron chi connectivity index (χ0n) is 27.5. The predicted octanol–water partition coefficient (Wildman–Crippen LogP) is 1.51. The van der Waals surface area contributed by atoms with E-state index in [1.165, 1.54) is 5.56 Å². The molecule has 0 saturated carbocycles. The van der Waals surface area contributed by atoms with Crippen molar-refractivity contribution in [3.8, 4) is 23.7 Å². The summed E-state index contributed by atoms with van der Waals surface area (Å²) in [5.41, 5.74) is 3.90. The van der Waals surface area contributed by atoms with E-state index in [4.69, 9.17) is 22.0 Å². The molecule has 2 heterocycles. The molecular weight excluding hydrogens is 576 g/mol. The summed E-state index contributed by atoms with van der Waals surface area (Å²) in [6, 6.07) is 15.5. The van der Waals surface area contributed by atoms with Crippen molar-refractivity contribution < 1.29 is 54.2 Å². The number of rotatable bonds is 5. The fraction of sp³-hybridized carbons (Fsp3) is 0.429. The normalized spacial score (nSPS) is 13.7. The van der Waals surface area contributed by atoms with Gasteiger partial charge in [-0.2, -0.15) is 0 Å². The Morgan fingerprint density at radius 1 is 0.844 bits per heavy atom. The van der Waals surface area contributed by atoms with Crippen LogP contribution in [0.5, 0.6) is 0 Å². The molecule has 0 aromatic heterocycles. The second kappa shape index (κ2) is 21.4. The molecule has 3 radical (unpaired) electrons. The van der Waals surface area contributed by atoms with E-state index >= 15 is 0 Å². The SMILES string of the molecule is CC(C)(C)C#Cc1ccc(C=O)cc1.CC(C)(C)C#Cc1ccc(CN2CC(C(=O)O)C2)cc1.O=C(O)C1CNC1.[B].[C-]#N.[Na+]. The van der Waals surface area contributed by atoms with Crippen molar-refractivity contribution in [2.24, 2.45) is 22.7 Å². The minimum absolute atomic E-state index is 0. The molecule has 3 N–H and O–H groups in total. The molecule has 0 bridgehead atoms. The maximum Gasteiger partial charge on any atom is 1.00 e. The van der Waals surface area contributed by atoms with Gasteiger partial charge in [0.05, 0.1) is 11.8 Å². The Bertz CT molecular complexity index is 1350. The summed E-state index contributed by atoms with van der Waals surface area (Å²) in [6.45, 7) is 20.7. The molecule has 2 saturated heterocycles. The van der Waals surface area contributed by atoms with Crippen molar-refractivity contribution in [1.82, 2.24) is 10.2 Å². The molecule has 2 aromatic rings. The third kappa shape index (κ3) is 18.9. The van der Waals surface area contributed by atoms with E-state index in [0.717, 1.165) is 24.0 Å². The maximum absolute atomic E-state index is 10.7. The van der Waals surface area contributed by atoms with Crippen LogP contribution in [0.1, 0.15) is 68.6 Å². The largest absolute Gasteiger partial charge is 1.00 e. The molecule has 4 rings (SSSR count). The Kier molecular flexibility index (Phi) is 20.8. The standard InChI is InChI=1S/C17H21NO2.C13H14O.C4H7NO2.CN.B.Na/c1-17(2,3)9-8-13-4-6-14(7-5-13)10-18-11-15(12-18)16(19)20;1-13(2,3)9-8-11-4-6-12(10-14)7-5-11;6-4(7)3-1-5-2-3;1-2;;/h4-7,15H,10-12H2,1-3H3,(H,19,20);4-7,10H,1-3H3;3,5H,1-2H2,(H,6,7);;;/q;;;-1;;+1. The molecule has 0 aliphatic carbocycles. The smallest absolute Gasteiger partial charge is 0.512 e. The number of hydrogen-bond donors (Lipinski definition) is 3. The zero-order valence-corrected chi connectivity index (χ0v) is 29.5. The first-order valence-corrected chi connectivity index (χ1v) is 14.0. The van der Waals surface area contributed by atoms with Gasteiger partial charge in [0.2, 0.25) is 0 Å². The monoisotopic (exact) mass is 618 g/mol. The molecule has 2 aromatic carbocycles. The van der Waals surface area contributed by atoms with Gasteiger partial charge in [-0.3, -0.25) is 19.3 Å². The summed E-state index contributed by atoms with van der Waals surface area (Å²) in [5.74, 6) is 10.9. The summed E-state index contributed by atoms with van der Waals surface area (Å²) < 4.78 is 0. The van der Waals surface area contributed by atoms with Gasteiger partial charge in [-0.25, -0.2) is 0 Å². The Hall–Kier alpha value is -3.36. The molecule has 2 aliphatic rings. The van der Waals surface area contributed by atoms with Crippen molar-refractivity contribution in [3.05, 3.63) is 77.4 Å². The Morgan fingerprint density at radius 3 is 1.53 bits per heavy atom. The number of nitrogens with one attached hydrogen (secondary N) is 1. The average molecular weight is 619 g/mol. The van der Waals surface area contributed by atoms with Gasteiger partial charge < -0.3 is 27.4 Å². The van der Waals surface area contributed by atoms with E-state index in [-0.39, 0.29) is 60.6 Å². The molecule has 45 heavy (non-hydrogen) atoms. The number of aliphatic carboxylic acids is 2. The number of benzene rings is 2. The van der Waals surface area contributed by atoms with Crippen molar-refractivity contribution in [1.29, 1.82) is 5.26 Å². The number of nitrogens with zero attached hydrogens (tertiary/aromatic N) is 2. The number of hydrogen-bond acceptors (Lipinski definition) is 6. The summed E-state index contributed by atoms with van der Waals surface area (Å²) >= 11 is 0. The van der Waals surface area contributed by atoms with Crippen LogP contribution in [0.4, 0.5) is 0 Å². The van der Waals surface area contributed by atoms with Gasteiger partial charge in [-0.15, -0.1) is 0 Å². The number of aldehydes is 1. The van der Waals surface area contributed by atoms with Crippen LogP contribution in [0.2, 0.25) is 0 Å². The third-order valence-electron chi connectivity index (χ3n) is 6.01. The van der Waals surface area contributed by atoms with E-state index in [1.54, 1.807) is 12.1 Å². The van der Waals surface area contributed by atoms with Gasteiger partial charge in [-0.05, 0) is 71.4 Å². The minimum atomic E-state index is -0.686. The summed E-state index contributed by atoms with van der Waals surface area (Å²) in [5, 5.41) is 26.1. The van der Waals surface area contributed by atoms with Gasteiger partial charge in [0.1, 0.15) is 6.29 Å². The van der Waals surface area contributed by atoms with Gasteiger partial charge in [-0.1, -0.05) is 47.9 Å². The van der Waals surface area contributed by atoms with Gasteiger partial charge in [0.25, 0.3) is 0 Å². The summed E-state index contributed by atoms with van der Waals surface area (Å²) in [4.78, 5) is 33.2. The van der Waals surface area contributed by atoms with Crippen LogP contribution in [0, 0.1) is 58.2 Å². The predicted molar refractivity (Wildman–Crippen MR) is 172 cm³/mol. The van der Waals surface area contributed by atoms with Gasteiger partial charge in [0.15, 0.2) is 0 Å². The van der Waals surface area contributed by atoms with Crippen LogP contribution in [-0.2, 0) is 16.1 Å². The van der Waals surface area contributed by atoms with E-state index in [1.807, 2.05) is 24.3 Å². The van der Waals surface area contributed by atoms with Crippen LogP contribution >= 0.6 is 0 Å². The average Bonchev–Trinajstić information content (AvgIpc) is 2.88. The molecule has 231 valence electrons. The van der Waals surface area contributed by atoms with Crippen LogP contribution in [0.25, 0.3) is 0 Å². The van der Waals surface area contributed by atoms with Crippen molar-refractivity contribution in [3.63, 3.8) is 0 Å². The van der Waals surface area contributed by atoms with Crippen molar-refractivity contribution >= 4 is 26.6 Å². The van der Waals surface area contributed by atoms with E-state index in [0.29, 0.717) is 31.7 Å². The van der Waals surface area contributed by atoms with Crippen molar-refractivity contribution in [2.75, 3.05) is 26.2 Å². The Labute approximate surface area is 292 Å². The molecule has 0 unspecified atom stereocenters. The fourth-order valence-corrected chi connectivity index (χ4v) is 3.43. The first kappa shape index (κ1) is 43.8. The number of carboxylic acid groups (broad SMARTS) is 2. The second-order valence-electron chi connectivity index (χ2n) is 12.4. The molecule has 0 spiro atoms. The molecule has 0 amide bonds. The molecule has 8 nitrogen and oxygen atoms in total. The van der Waals surface area contributed by atoms with E-state index in [2.05, 4.69) is 87.6 Å². The Balaban J connectivity index is 0. The second-order valence-corrected chi connectivity index (χ2v) is 12.4.